The van der Waals surface area contributed by atoms with Gasteiger partial charge in [-0.2, -0.15) is 13.2 Å². The summed E-state index contributed by atoms with van der Waals surface area (Å²) < 4.78 is 76.7. The predicted molar refractivity (Wildman–Crippen MR) is 88.8 cm³/mol. The number of carbonyl (C=O) groups excluding carboxylic acids is 2. The van der Waals surface area contributed by atoms with Gasteiger partial charge in [0.15, 0.2) is 5.69 Å². The van der Waals surface area contributed by atoms with Gasteiger partial charge in [0, 0.05) is 19.7 Å². The summed E-state index contributed by atoms with van der Waals surface area (Å²) in [5.74, 6) is -2.78. The standard InChI is InChI=1S/C17H19F5N2O4/c1-5-27-15(25)10-9(7-8-24(3)4)11(16(26)28-6-2)13(17(20,21)22)23-12(10)14(18)19/h7-8,14H,5-6H2,1-4H3/b8-7+. The van der Waals surface area contributed by atoms with Crippen molar-refractivity contribution < 1.29 is 41.0 Å². The van der Waals surface area contributed by atoms with E-state index >= 15 is 0 Å². The molecule has 6 nitrogen and oxygen atoms in total. The number of pyridine rings is 1. The van der Waals surface area contributed by atoms with Crippen LogP contribution in [0.25, 0.3) is 6.08 Å². The van der Waals surface area contributed by atoms with Crippen LogP contribution in [0.3, 0.4) is 0 Å². The number of halogens is 5. The van der Waals surface area contributed by atoms with Crippen LogP contribution in [0.1, 0.15) is 57.9 Å². The van der Waals surface area contributed by atoms with Crippen molar-refractivity contribution in [2.75, 3.05) is 27.3 Å². The minimum Gasteiger partial charge on any atom is -0.462 e. The second-order valence-corrected chi connectivity index (χ2v) is 5.53. The van der Waals surface area contributed by atoms with Crippen molar-refractivity contribution in [3.05, 3.63) is 34.3 Å². The van der Waals surface area contributed by atoms with Gasteiger partial charge < -0.3 is 14.4 Å². The fourth-order valence-electron chi connectivity index (χ4n) is 2.20. The van der Waals surface area contributed by atoms with Crippen LogP contribution < -0.4 is 0 Å². The maximum atomic E-state index is 13.5. The lowest BCUT2D eigenvalue weighted by Crippen LogP contribution is -2.24. The third-order valence-corrected chi connectivity index (χ3v) is 3.24. The minimum atomic E-state index is -5.25. The summed E-state index contributed by atoms with van der Waals surface area (Å²) in [4.78, 5) is 28.8. The molecule has 156 valence electrons. The molecule has 28 heavy (non-hydrogen) atoms. The number of carbonyl (C=O) groups is 2. The number of hydrogen-bond donors (Lipinski definition) is 0. The third-order valence-electron chi connectivity index (χ3n) is 3.24. The van der Waals surface area contributed by atoms with Gasteiger partial charge in [0.25, 0.3) is 6.43 Å². The third kappa shape index (κ3) is 5.40. The average molecular weight is 410 g/mol. The van der Waals surface area contributed by atoms with Crippen LogP contribution in [-0.2, 0) is 15.7 Å². The summed E-state index contributed by atoms with van der Waals surface area (Å²) in [6, 6.07) is 0. The monoisotopic (exact) mass is 410 g/mol. The van der Waals surface area contributed by atoms with Crippen molar-refractivity contribution in [3.8, 4) is 0 Å². The topological polar surface area (TPSA) is 68.7 Å². The lowest BCUT2D eigenvalue weighted by Gasteiger charge is -2.19. The molecule has 0 bridgehead atoms. The first-order chi connectivity index (χ1) is 12.9. The zero-order valence-corrected chi connectivity index (χ0v) is 15.6. The van der Waals surface area contributed by atoms with Gasteiger partial charge in [-0.1, -0.05) is 0 Å². The molecule has 0 aliphatic heterocycles. The van der Waals surface area contributed by atoms with E-state index in [1.54, 1.807) is 0 Å². The van der Waals surface area contributed by atoms with Crippen LogP contribution in [0.4, 0.5) is 22.0 Å². The van der Waals surface area contributed by atoms with Crippen LogP contribution in [0, 0.1) is 0 Å². The Kier molecular flexibility index (Phi) is 7.89. The summed E-state index contributed by atoms with van der Waals surface area (Å²) in [5, 5.41) is 0. The van der Waals surface area contributed by atoms with E-state index in [1.807, 2.05) is 0 Å². The normalized spacial score (nSPS) is 11.8. The first-order valence-electron chi connectivity index (χ1n) is 8.07. The van der Waals surface area contributed by atoms with E-state index in [0.29, 0.717) is 0 Å². The smallest absolute Gasteiger partial charge is 0.434 e. The van der Waals surface area contributed by atoms with Crippen molar-refractivity contribution in [3.63, 3.8) is 0 Å². The van der Waals surface area contributed by atoms with E-state index in [9.17, 15) is 31.5 Å². The van der Waals surface area contributed by atoms with Crippen molar-refractivity contribution in [1.82, 2.24) is 9.88 Å². The number of nitrogens with zero attached hydrogens (tertiary/aromatic N) is 2. The average Bonchev–Trinajstić information content (AvgIpc) is 2.57. The number of hydrogen-bond acceptors (Lipinski definition) is 6. The second-order valence-electron chi connectivity index (χ2n) is 5.53. The molecule has 0 radical (unpaired) electrons. The zero-order valence-electron chi connectivity index (χ0n) is 15.6. The molecule has 0 spiro atoms. The number of aromatic nitrogens is 1. The highest BCUT2D eigenvalue weighted by Crippen LogP contribution is 2.37. The Morgan fingerprint density at radius 2 is 1.57 bits per heavy atom. The van der Waals surface area contributed by atoms with Crippen LogP contribution in [0.15, 0.2) is 6.20 Å². The number of esters is 2. The Hall–Kier alpha value is -2.72. The molecule has 0 atom stereocenters. The molecule has 0 saturated heterocycles. The fourth-order valence-corrected chi connectivity index (χ4v) is 2.20. The molecular formula is C17H19F5N2O4. The Bertz CT molecular complexity index is 761. The van der Waals surface area contributed by atoms with Gasteiger partial charge in [0.1, 0.15) is 5.69 Å². The lowest BCUT2D eigenvalue weighted by molar-refractivity contribution is -0.142. The summed E-state index contributed by atoms with van der Waals surface area (Å²) >= 11 is 0. The van der Waals surface area contributed by atoms with E-state index in [1.165, 1.54) is 39.0 Å². The first kappa shape index (κ1) is 23.3. The molecule has 0 aliphatic rings. The highest BCUT2D eigenvalue weighted by molar-refractivity contribution is 6.03. The zero-order chi connectivity index (χ0) is 21.6. The fraction of sp³-hybridized carbons (Fsp3) is 0.471. The first-order valence-corrected chi connectivity index (χ1v) is 8.07. The van der Waals surface area contributed by atoms with Crippen LogP contribution in [-0.4, -0.2) is 49.1 Å². The highest BCUT2D eigenvalue weighted by Gasteiger charge is 2.42. The SMILES string of the molecule is CCOC(=O)c1c(C(F)F)nc(C(F)(F)F)c(C(=O)OCC)c1/C=C/N(C)C. The van der Waals surface area contributed by atoms with Gasteiger partial charge in [-0.15, -0.1) is 0 Å². The predicted octanol–water partition coefficient (Wildman–Crippen LogP) is 3.92. The van der Waals surface area contributed by atoms with Crippen molar-refractivity contribution >= 4 is 18.0 Å². The number of rotatable bonds is 7. The van der Waals surface area contributed by atoms with Gasteiger partial charge in [-0.25, -0.2) is 23.4 Å². The van der Waals surface area contributed by atoms with E-state index in [2.05, 4.69) is 9.72 Å². The van der Waals surface area contributed by atoms with E-state index in [4.69, 9.17) is 4.74 Å². The lowest BCUT2D eigenvalue weighted by atomic mass is 9.97. The van der Waals surface area contributed by atoms with Crippen LogP contribution in [0.5, 0.6) is 0 Å². The quantitative estimate of drug-likeness (QED) is 0.501. The summed E-state index contributed by atoms with van der Waals surface area (Å²) in [7, 11) is 3.01. The molecule has 0 N–H and O–H groups in total. The molecule has 1 rings (SSSR count). The Labute approximate surface area is 157 Å². The maximum absolute atomic E-state index is 13.5. The molecule has 0 saturated carbocycles. The van der Waals surface area contributed by atoms with Crippen molar-refractivity contribution in [2.24, 2.45) is 0 Å². The molecule has 11 heteroatoms. The molecule has 0 fully saturated rings. The van der Waals surface area contributed by atoms with E-state index < -0.39 is 52.6 Å². The molecule has 1 aromatic heterocycles. The molecule has 0 amide bonds. The molecule has 1 aromatic rings. The highest BCUT2D eigenvalue weighted by atomic mass is 19.4. The Morgan fingerprint density at radius 3 is 1.96 bits per heavy atom. The molecule has 1 heterocycles. The summed E-state index contributed by atoms with van der Waals surface area (Å²) in [5.41, 5.74) is -6.07. The van der Waals surface area contributed by atoms with Crippen LogP contribution in [0.2, 0.25) is 0 Å². The van der Waals surface area contributed by atoms with Gasteiger partial charge in [0.2, 0.25) is 0 Å². The largest absolute Gasteiger partial charge is 0.462 e. The molecule has 0 aliphatic carbocycles. The van der Waals surface area contributed by atoms with Crippen LogP contribution >= 0.6 is 0 Å². The van der Waals surface area contributed by atoms with Gasteiger partial charge >= 0.3 is 18.1 Å². The van der Waals surface area contributed by atoms with E-state index in [-0.39, 0.29) is 13.2 Å². The Balaban J connectivity index is 4.08. The van der Waals surface area contributed by atoms with Gasteiger partial charge in [0.05, 0.1) is 24.3 Å². The van der Waals surface area contributed by atoms with Gasteiger partial charge in [-0.3, -0.25) is 0 Å². The van der Waals surface area contributed by atoms with Crippen molar-refractivity contribution in [2.45, 2.75) is 26.4 Å². The number of alkyl halides is 5. The molecule has 0 unspecified atom stereocenters. The summed E-state index contributed by atoms with van der Waals surface area (Å²) in [6.07, 6.45) is -6.65. The Morgan fingerprint density at radius 1 is 1.07 bits per heavy atom. The summed E-state index contributed by atoms with van der Waals surface area (Å²) in [6.45, 7) is 2.24. The second kappa shape index (κ2) is 9.47. The number of ether oxygens (including phenoxy) is 2. The van der Waals surface area contributed by atoms with Crippen molar-refractivity contribution in [1.29, 1.82) is 0 Å². The van der Waals surface area contributed by atoms with E-state index in [0.717, 1.165) is 6.08 Å². The van der Waals surface area contributed by atoms with Gasteiger partial charge in [-0.05, 0) is 26.1 Å². The molecule has 0 aromatic carbocycles. The minimum absolute atomic E-state index is 0.228. The molecular weight excluding hydrogens is 391 g/mol. The maximum Gasteiger partial charge on any atom is 0.434 e.